The molecule has 1 fully saturated rings. The normalized spacial score (nSPS) is 14.4. The number of nitrogens with zero attached hydrogens (tertiary/aromatic N) is 7. The van der Waals surface area contributed by atoms with Gasteiger partial charge >= 0.3 is 0 Å². The first-order chi connectivity index (χ1) is 18.9. The molecule has 11 nitrogen and oxygen atoms in total. The molecule has 2 aromatic heterocycles. The van der Waals surface area contributed by atoms with Gasteiger partial charge in [-0.1, -0.05) is 24.3 Å². The molecule has 0 aliphatic carbocycles. The lowest BCUT2D eigenvalue weighted by molar-refractivity contribution is -0.387. The maximum Gasteiger partial charge on any atom is 0.283 e. The molecule has 0 saturated carbocycles. The van der Waals surface area contributed by atoms with Gasteiger partial charge in [-0.05, 0) is 54.4 Å². The minimum absolute atomic E-state index is 0.107. The Morgan fingerprint density at radius 3 is 2.59 bits per heavy atom. The summed E-state index contributed by atoms with van der Waals surface area (Å²) in [7, 11) is 1.74. The maximum atomic E-state index is 13.6. The quantitative estimate of drug-likeness (QED) is 0.259. The van der Waals surface area contributed by atoms with Crippen molar-refractivity contribution in [1.29, 1.82) is 5.26 Å². The second kappa shape index (κ2) is 11.1. The monoisotopic (exact) mass is 559 g/mol. The van der Waals surface area contributed by atoms with Gasteiger partial charge in [0, 0.05) is 26.2 Å². The molecule has 1 saturated heterocycles. The summed E-state index contributed by atoms with van der Waals surface area (Å²) in [6.45, 7) is 1.12. The minimum atomic E-state index is -0.492. The molecule has 39 heavy (non-hydrogen) atoms. The van der Waals surface area contributed by atoms with E-state index in [1.165, 1.54) is 23.0 Å². The van der Waals surface area contributed by atoms with Gasteiger partial charge in [0.25, 0.3) is 17.2 Å². The Morgan fingerprint density at radius 1 is 1.21 bits per heavy atom. The zero-order valence-electron chi connectivity index (χ0n) is 20.7. The third-order valence-electron chi connectivity index (χ3n) is 6.12. The van der Waals surface area contributed by atoms with Crippen molar-refractivity contribution in [3.8, 4) is 11.8 Å². The first-order valence-corrected chi connectivity index (χ1v) is 13.5. The summed E-state index contributed by atoms with van der Waals surface area (Å²) >= 11 is 2.12. The molecular weight excluding hydrogens is 538 g/mol. The molecule has 0 N–H and O–H groups in total. The molecule has 0 radical (unpaired) electrons. The van der Waals surface area contributed by atoms with Crippen LogP contribution in [-0.4, -0.2) is 48.2 Å². The number of carbonyl (C=O) groups excluding carboxylic acids is 1. The molecule has 13 heteroatoms. The number of hydrogen-bond donors (Lipinski definition) is 0. The van der Waals surface area contributed by atoms with Gasteiger partial charge in [0.1, 0.15) is 17.1 Å². The number of para-hydroxylation sites is 1. The summed E-state index contributed by atoms with van der Waals surface area (Å²) in [6.07, 6.45) is 4.77. The molecule has 1 amide bonds. The van der Waals surface area contributed by atoms with E-state index < -0.39 is 16.4 Å². The van der Waals surface area contributed by atoms with Crippen LogP contribution in [0.5, 0.6) is 0 Å². The highest BCUT2D eigenvalue weighted by atomic mass is 32.2. The van der Waals surface area contributed by atoms with Crippen molar-refractivity contribution in [3.05, 3.63) is 90.1 Å². The summed E-state index contributed by atoms with van der Waals surface area (Å²) in [5.41, 5.74) is 0.257. The summed E-state index contributed by atoms with van der Waals surface area (Å²) < 4.78 is 3.47. The number of nitro benzene ring substituents is 1. The van der Waals surface area contributed by atoms with Gasteiger partial charge in [0.05, 0.1) is 20.0 Å². The first kappa shape index (κ1) is 26.1. The van der Waals surface area contributed by atoms with E-state index in [0.29, 0.717) is 34.4 Å². The molecular formula is C26H21N7O4S2. The number of likely N-dealkylation sites (tertiary alicyclic amines) is 1. The van der Waals surface area contributed by atoms with E-state index in [1.54, 1.807) is 59.0 Å². The van der Waals surface area contributed by atoms with E-state index in [1.807, 2.05) is 6.07 Å². The Kier molecular flexibility index (Phi) is 7.40. The van der Waals surface area contributed by atoms with Crippen LogP contribution in [0.1, 0.15) is 18.4 Å². The largest absolute Gasteiger partial charge is 0.338 e. The van der Waals surface area contributed by atoms with Gasteiger partial charge in [0.2, 0.25) is 0 Å². The molecule has 4 aromatic rings. The zero-order chi connectivity index (χ0) is 27.5. The van der Waals surface area contributed by atoms with Crippen molar-refractivity contribution in [2.24, 2.45) is 7.05 Å². The summed E-state index contributed by atoms with van der Waals surface area (Å²) in [5.74, 6) is -0.409. The minimum Gasteiger partial charge on any atom is -0.338 e. The predicted molar refractivity (Wildman–Crippen MR) is 146 cm³/mol. The van der Waals surface area contributed by atoms with E-state index in [9.17, 15) is 25.0 Å². The third kappa shape index (κ3) is 5.25. The Hall–Kier alpha value is -4.54. The zero-order valence-corrected chi connectivity index (χ0v) is 22.3. The molecule has 2 aromatic carbocycles. The van der Waals surface area contributed by atoms with Gasteiger partial charge in [-0.3, -0.25) is 24.3 Å². The van der Waals surface area contributed by atoms with Crippen LogP contribution >= 0.6 is 23.1 Å². The molecule has 3 heterocycles. The van der Waals surface area contributed by atoms with Crippen molar-refractivity contribution in [2.75, 3.05) is 13.1 Å². The van der Waals surface area contributed by atoms with Crippen molar-refractivity contribution in [3.63, 3.8) is 0 Å². The van der Waals surface area contributed by atoms with Gasteiger partial charge in [0.15, 0.2) is 10.7 Å². The fourth-order valence-electron chi connectivity index (χ4n) is 4.19. The molecule has 196 valence electrons. The summed E-state index contributed by atoms with van der Waals surface area (Å²) in [5, 5.41) is 30.1. The average molecular weight is 560 g/mol. The van der Waals surface area contributed by atoms with Crippen molar-refractivity contribution < 1.29 is 9.72 Å². The average Bonchev–Trinajstić information content (AvgIpc) is 3.68. The number of nitro groups is 1. The second-order valence-electron chi connectivity index (χ2n) is 8.69. The van der Waals surface area contributed by atoms with Crippen LogP contribution < -0.4 is 14.8 Å². The first-order valence-electron chi connectivity index (χ1n) is 11.9. The molecule has 0 atom stereocenters. The van der Waals surface area contributed by atoms with Crippen LogP contribution in [0.15, 0.2) is 69.7 Å². The molecule has 0 bridgehead atoms. The fraction of sp³-hybridized carbons (Fsp3) is 0.192. The molecule has 5 rings (SSSR count). The number of amides is 1. The van der Waals surface area contributed by atoms with Crippen molar-refractivity contribution in [1.82, 2.24) is 24.2 Å². The summed E-state index contributed by atoms with van der Waals surface area (Å²) in [4.78, 5) is 40.2. The van der Waals surface area contributed by atoms with Crippen LogP contribution in [-0.2, 0) is 11.8 Å². The van der Waals surface area contributed by atoms with Crippen LogP contribution in [0.4, 0.5) is 5.69 Å². The van der Waals surface area contributed by atoms with Gasteiger partial charge < -0.3 is 9.47 Å². The standard InChI is InChI=1S/C26H21N7O4S2/c1-30-16-28-29-26(30)39-21-10-9-17(13-20(21)33(36)37)14-22-24(35)32(18-7-3-2-4-8-18)25(38-22)19(15-27)23(34)31-11-5-6-12-31/h2-4,7-10,13-14,16H,5-6,11-12H2,1H3. The van der Waals surface area contributed by atoms with E-state index in [0.717, 1.165) is 35.9 Å². The number of benzene rings is 2. The number of nitriles is 1. The second-order valence-corrected chi connectivity index (χ2v) is 10.7. The fourth-order valence-corrected chi connectivity index (χ4v) is 6.14. The Morgan fingerprint density at radius 2 is 1.95 bits per heavy atom. The van der Waals surface area contributed by atoms with E-state index >= 15 is 0 Å². The number of aromatic nitrogens is 4. The Bertz CT molecular complexity index is 1800. The van der Waals surface area contributed by atoms with Crippen LogP contribution in [0.3, 0.4) is 0 Å². The van der Waals surface area contributed by atoms with Crippen LogP contribution in [0.25, 0.3) is 17.3 Å². The number of hydrogen-bond acceptors (Lipinski definition) is 9. The topological polar surface area (TPSA) is 140 Å². The SMILES string of the molecule is Cn1cnnc1Sc1ccc(C=c2sc(=C(C#N)C(=O)N3CCCC3)n(-c3ccccc3)c2=O)cc1[N+](=O)[O-]. The highest BCUT2D eigenvalue weighted by Gasteiger charge is 2.25. The number of thiazole rings is 1. The highest BCUT2D eigenvalue weighted by molar-refractivity contribution is 7.99. The van der Waals surface area contributed by atoms with Gasteiger partial charge in [-0.15, -0.1) is 21.5 Å². The Balaban J connectivity index is 1.68. The predicted octanol–water partition coefficient (Wildman–Crippen LogP) is 2.21. The van der Waals surface area contributed by atoms with Crippen molar-refractivity contribution >= 4 is 46.3 Å². The van der Waals surface area contributed by atoms with E-state index in [-0.39, 0.29) is 20.5 Å². The highest BCUT2D eigenvalue weighted by Crippen LogP contribution is 2.34. The lowest BCUT2D eigenvalue weighted by Gasteiger charge is -2.14. The number of aryl methyl sites for hydroxylation is 1. The summed E-state index contributed by atoms with van der Waals surface area (Å²) in [6, 6.07) is 15.4. The van der Waals surface area contributed by atoms with Crippen molar-refractivity contribution in [2.45, 2.75) is 22.9 Å². The molecule has 0 unspecified atom stereocenters. The smallest absolute Gasteiger partial charge is 0.283 e. The van der Waals surface area contributed by atoms with Gasteiger partial charge in [-0.2, -0.15) is 5.26 Å². The van der Waals surface area contributed by atoms with E-state index in [4.69, 9.17) is 0 Å². The lowest BCUT2D eigenvalue weighted by Crippen LogP contribution is -2.35. The molecule has 0 spiro atoms. The molecule has 1 aliphatic heterocycles. The number of carbonyl (C=O) groups is 1. The third-order valence-corrected chi connectivity index (χ3v) is 8.33. The molecule has 1 aliphatic rings. The van der Waals surface area contributed by atoms with E-state index in [2.05, 4.69) is 10.2 Å². The van der Waals surface area contributed by atoms with Crippen LogP contribution in [0, 0.1) is 21.4 Å². The number of rotatable bonds is 6. The van der Waals surface area contributed by atoms with Gasteiger partial charge in [-0.25, -0.2) is 0 Å². The maximum absolute atomic E-state index is 13.6. The lowest BCUT2D eigenvalue weighted by atomic mass is 10.2. The Labute approximate surface area is 230 Å². The van der Waals surface area contributed by atoms with Crippen LogP contribution in [0.2, 0.25) is 0 Å².